The first kappa shape index (κ1) is 15.7. The second-order valence-electron chi connectivity index (χ2n) is 6.11. The number of anilines is 1. The largest absolute Gasteiger partial charge is 0.355 e. The molecule has 4 rings (SSSR count). The summed E-state index contributed by atoms with van der Waals surface area (Å²) in [7, 11) is 0. The van der Waals surface area contributed by atoms with Gasteiger partial charge in [-0.25, -0.2) is 9.97 Å². The molecule has 3 heterocycles. The number of hydrogen-bond acceptors (Lipinski definition) is 5. The van der Waals surface area contributed by atoms with Crippen LogP contribution in [-0.2, 0) is 0 Å². The molecule has 1 N–H and O–H groups in total. The van der Waals surface area contributed by atoms with Gasteiger partial charge in [-0.05, 0) is 25.1 Å². The Labute approximate surface area is 147 Å². The molecule has 0 aliphatic carbocycles. The smallest absolute Gasteiger partial charge is 0.162 e. The molecule has 0 atom stereocenters. The van der Waals surface area contributed by atoms with Crippen LogP contribution < -0.4 is 10.2 Å². The molecule has 5 heteroatoms. The average Bonchev–Trinajstić information content (AvgIpc) is 2.99. The van der Waals surface area contributed by atoms with Gasteiger partial charge in [0.2, 0.25) is 0 Å². The van der Waals surface area contributed by atoms with Crippen LogP contribution in [0.4, 0.5) is 5.82 Å². The molecule has 0 saturated carbocycles. The van der Waals surface area contributed by atoms with Gasteiger partial charge in [-0.2, -0.15) is 0 Å². The van der Waals surface area contributed by atoms with Crippen LogP contribution in [0.1, 0.15) is 6.42 Å². The molecule has 1 saturated heterocycles. The van der Waals surface area contributed by atoms with E-state index in [1.54, 1.807) is 6.20 Å². The maximum atomic E-state index is 4.85. The van der Waals surface area contributed by atoms with E-state index in [0.717, 1.165) is 61.2 Å². The highest BCUT2D eigenvalue weighted by Crippen LogP contribution is 2.25. The van der Waals surface area contributed by atoms with Crippen LogP contribution in [0.2, 0.25) is 0 Å². The molecule has 1 aliphatic heterocycles. The minimum absolute atomic E-state index is 0.746. The summed E-state index contributed by atoms with van der Waals surface area (Å²) in [4.78, 5) is 16.4. The van der Waals surface area contributed by atoms with Crippen molar-refractivity contribution in [3.05, 3.63) is 60.8 Å². The van der Waals surface area contributed by atoms with Gasteiger partial charge in [-0.3, -0.25) is 4.98 Å². The van der Waals surface area contributed by atoms with Gasteiger partial charge in [0.15, 0.2) is 5.82 Å². The first-order valence-corrected chi connectivity index (χ1v) is 8.72. The fourth-order valence-corrected chi connectivity index (χ4v) is 3.03. The van der Waals surface area contributed by atoms with E-state index >= 15 is 0 Å². The molecule has 3 aromatic rings. The van der Waals surface area contributed by atoms with E-state index in [0.29, 0.717) is 0 Å². The summed E-state index contributed by atoms with van der Waals surface area (Å²) in [5, 5.41) is 3.44. The summed E-state index contributed by atoms with van der Waals surface area (Å²) in [5.74, 6) is 1.72. The Bertz CT molecular complexity index is 754. The minimum atomic E-state index is 0.746. The summed E-state index contributed by atoms with van der Waals surface area (Å²) >= 11 is 0. The molecule has 1 fully saturated rings. The van der Waals surface area contributed by atoms with Gasteiger partial charge < -0.3 is 10.2 Å². The molecule has 1 aliphatic rings. The molecule has 5 nitrogen and oxygen atoms in total. The van der Waals surface area contributed by atoms with E-state index in [1.807, 2.05) is 48.5 Å². The fourth-order valence-electron chi connectivity index (χ4n) is 3.03. The summed E-state index contributed by atoms with van der Waals surface area (Å²) < 4.78 is 0. The van der Waals surface area contributed by atoms with Gasteiger partial charge in [0.05, 0.1) is 11.4 Å². The molecule has 0 unspecified atom stereocenters. The van der Waals surface area contributed by atoms with Crippen molar-refractivity contribution in [3.63, 3.8) is 0 Å². The molecule has 2 aromatic heterocycles. The Morgan fingerprint density at radius 3 is 2.56 bits per heavy atom. The van der Waals surface area contributed by atoms with Gasteiger partial charge in [-0.1, -0.05) is 36.4 Å². The predicted octanol–water partition coefficient (Wildman–Crippen LogP) is 3.01. The van der Waals surface area contributed by atoms with Gasteiger partial charge in [0.1, 0.15) is 5.82 Å². The molecule has 25 heavy (non-hydrogen) atoms. The van der Waals surface area contributed by atoms with Gasteiger partial charge in [-0.15, -0.1) is 0 Å². The third-order valence-electron chi connectivity index (χ3n) is 4.34. The number of benzene rings is 1. The lowest BCUT2D eigenvalue weighted by atomic mass is 10.2. The standard InChI is InChI=1S/C20H21N5/c1-2-7-16(8-3-1)20-23-18(17-9-4-5-11-22-17)15-19(24-20)25-13-6-10-21-12-14-25/h1-5,7-9,11,15,21H,6,10,12-14H2. The molecule has 0 amide bonds. The van der Waals surface area contributed by atoms with Crippen molar-refractivity contribution in [1.29, 1.82) is 0 Å². The molecule has 1 aromatic carbocycles. The van der Waals surface area contributed by atoms with Crippen LogP contribution in [0.3, 0.4) is 0 Å². The average molecular weight is 331 g/mol. The highest BCUT2D eigenvalue weighted by molar-refractivity contribution is 5.65. The summed E-state index contributed by atoms with van der Waals surface area (Å²) in [6.07, 6.45) is 2.92. The van der Waals surface area contributed by atoms with Gasteiger partial charge in [0, 0.05) is 37.5 Å². The third kappa shape index (κ3) is 3.67. The number of nitrogens with zero attached hydrogens (tertiary/aromatic N) is 4. The third-order valence-corrected chi connectivity index (χ3v) is 4.34. The second kappa shape index (κ2) is 7.40. The topological polar surface area (TPSA) is 53.9 Å². The lowest BCUT2D eigenvalue weighted by molar-refractivity contribution is 0.724. The van der Waals surface area contributed by atoms with E-state index < -0.39 is 0 Å². The van der Waals surface area contributed by atoms with Crippen molar-refractivity contribution in [3.8, 4) is 22.8 Å². The molecular formula is C20H21N5. The zero-order chi connectivity index (χ0) is 16.9. The van der Waals surface area contributed by atoms with Crippen LogP contribution in [0.15, 0.2) is 60.8 Å². The number of hydrogen-bond donors (Lipinski definition) is 1. The van der Waals surface area contributed by atoms with Crippen LogP contribution in [0, 0.1) is 0 Å². The first-order chi connectivity index (χ1) is 12.4. The highest BCUT2D eigenvalue weighted by atomic mass is 15.2. The molecule has 0 radical (unpaired) electrons. The van der Waals surface area contributed by atoms with E-state index in [2.05, 4.69) is 21.3 Å². The SMILES string of the molecule is c1ccc(-c2nc(-c3ccccn3)cc(N3CCCNCC3)n2)cc1. The van der Waals surface area contributed by atoms with E-state index in [4.69, 9.17) is 9.97 Å². The number of nitrogens with one attached hydrogen (secondary N) is 1. The first-order valence-electron chi connectivity index (χ1n) is 8.72. The highest BCUT2D eigenvalue weighted by Gasteiger charge is 2.15. The molecule has 0 bridgehead atoms. The van der Waals surface area contributed by atoms with Crippen molar-refractivity contribution in [2.45, 2.75) is 6.42 Å². The lowest BCUT2D eigenvalue weighted by Crippen LogP contribution is -2.28. The quantitative estimate of drug-likeness (QED) is 0.799. The number of rotatable bonds is 3. The van der Waals surface area contributed by atoms with Crippen molar-refractivity contribution < 1.29 is 0 Å². The second-order valence-corrected chi connectivity index (χ2v) is 6.11. The van der Waals surface area contributed by atoms with Crippen LogP contribution in [-0.4, -0.2) is 41.1 Å². The van der Waals surface area contributed by atoms with Gasteiger partial charge >= 0.3 is 0 Å². The molecular weight excluding hydrogens is 310 g/mol. The summed E-state index contributed by atoms with van der Waals surface area (Å²) in [5.41, 5.74) is 2.76. The fraction of sp³-hybridized carbons (Fsp3) is 0.250. The van der Waals surface area contributed by atoms with Crippen molar-refractivity contribution in [2.75, 3.05) is 31.1 Å². The summed E-state index contributed by atoms with van der Waals surface area (Å²) in [6.45, 7) is 3.98. The Kier molecular flexibility index (Phi) is 4.65. The maximum Gasteiger partial charge on any atom is 0.162 e. The molecule has 0 spiro atoms. The minimum Gasteiger partial charge on any atom is -0.355 e. The maximum absolute atomic E-state index is 4.85. The Balaban J connectivity index is 1.80. The Hall–Kier alpha value is -2.79. The Morgan fingerprint density at radius 2 is 1.72 bits per heavy atom. The number of aromatic nitrogens is 3. The van der Waals surface area contributed by atoms with Crippen molar-refractivity contribution in [2.24, 2.45) is 0 Å². The number of pyridine rings is 1. The van der Waals surface area contributed by atoms with Crippen molar-refractivity contribution >= 4 is 5.82 Å². The van der Waals surface area contributed by atoms with E-state index in [-0.39, 0.29) is 0 Å². The van der Waals surface area contributed by atoms with Crippen LogP contribution in [0.25, 0.3) is 22.8 Å². The predicted molar refractivity (Wildman–Crippen MR) is 100 cm³/mol. The van der Waals surface area contributed by atoms with Crippen LogP contribution >= 0.6 is 0 Å². The normalized spacial score (nSPS) is 15.0. The monoisotopic (exact) mass is 331 g/mol. The lowest BCUT2D eigenvalue weighted by Gasteiger charge is -2.22. The zero-order valence-electron chi connectivity index (χ0n) is 14.1. The van der Waals surface area contributed by atoms with E-state index in [1.165, 1.54) is 0 Å². The van der Waals surface area contributed by atoms with Gasteiger partial charge in [0.25, 0.3) is 0 Å². The Morgan fingerprint density at radius 1 is 0.840 bits per heavy atom. The van der Waals surface area contributed by atoms with E-state index in [9.17, 15) is 0 Å². The zero-order valence-corrected chi connectivity index (χ0v) is 14.1. The van der Waals surface area contributed by atoms with Crippen molar-refractivity contribution in [1.82, 2.24) is 20.3 Å². The molecule has 126 valence electrons. The summed E-state index contributed by atoms with van der Waals surface area (Å²) in [6, 6.07) is 18.1. The van der Waals surface area contributed by atoms with Crippen LogP contribution in [0.5, 0.6) is 0 Å².